The maximum Gasteiger partial charge on any atom is 0.306 e. The number of hydrogen-bond donors (Lipinski definition) is 0. The predicted octanol–water partition coefficient (Wildman–Crippen LogP) is 14.4. The molecule has 0 aliphatic rings. The number of allylic oxidation sites excluding steroid dienone is 4. The van der Waals surface area contributed by atoms with Crippen LogP contribution in [0.4, 0.5) is 0 Å². The number of ether oxygens (including phenoxy) is 3. The zero-order chi connectivity index (χ0) is 38.7. The molecule has 0 fully saturated rings. The van der Waals surface area contributed by atoms with Crippen molar-refractivity contribution in [2.24, 2.45) is 0 Å². The second-order valence-electron chi connectivity index (χ2n) is 15.4. The highest BCUT2D eigenvalue weighted by atomic mass is 16.6. The van der Waals surface area contributed by atoms with Gasteiger partial charge in [0.25, 0.3) is 0 Å². The summed E-state index contributed by atoms with van der Waals surface area (Å²) in [5.41, 5.74) is 0. The Balaban J connectivity index is 4.37. The van der Waals surface area contributed by atoms with Gasteiger partial charge in [0.05, 0.1) is 0 Å². The van der Waals surface area contributed by atoms with E-state index in [-0.39, 0.29) is 31.1 Å². The fraction of sp³-hybridized carbons (Fsp3) is 0.851. The average Bonchev–Trinajstić information content (AvgIpc) is 3.15. The minimum Gasteiger partial charge on any atom is -0.462 e. The molecular formula is C47H86O6. The number of unbranched alkanes of at least 4 members (excludes halogenated alkanes) is 27. The van der Waals surface area contributed by atoms with Crippen LogP contribution in [0.1, 0.15) is 239 Å². The molecule has 0 spiro atoms. The summed E-state index contributed by atoms with van der Waals surface area (Å²) in [5, 5.41) is 0. The number of carbonyl (C=O) groups excluding carboxylic acids is 3. The molecule has 0 aliphatic heterocycles. The van der Waals surface area contributed by atoms with Gasteiger partial charge >= 0.3 is 17.9 Å². The summed E-state index contributed by atoms with van der Waals surface area (Å²) in [5.74, 6) is -0.901. The molecule has 0 heterocycles. The van der Waals surface area contributed by atoms with E-state index < -0.39 is 6.10 Å². The lowest BCUT2D eigenvalue weighted by Gasteiger charge is -2.18. The van der Waals surface area contributed by atoms with Gasteiger partial charge in [-0.05, 0) is 38.5 Å². The largest absolute Gasteiger partial charge is 0.462 e. The van der Waals surface area contributed by atoms with Gasteiger partial charge in [-0.3, -0.25) is 14.4 Å². The molecule has 0 N–H and O–H groups in total. The first-order valence-electron chi connectivity index (χ1n) is 22.9. The van der Waals surface area contributed by atoms with E-state index in [2.05, 4.69) is 45.1 Å². The van der Waals surface area contributed by atoms with Gasteiger partial charge < -0.3 is 14.2 Å². The van der Waals surface area contributed by atoms with E-state index >= 15 is 0 Å². The Morgan fingerprint density at radius 2 is 0.679 bits per heavy atom. The van der Waals surface area contributed by atoms with Crippen LogP contribution in [0.25, 0.3) is 0 Å². The standard InChI is InChI=1S/C47H86O6/c1-4-7-10-13-16-19-22-23-26-28-31-34-37-40-46(49)52-43-44(53-47(50)41-38-35-32-29-25-21-18-15-12-9-6-3)42-51-45(48)39-36-33-30-27-24-20-17-14-11-8-5-2/h15,18,21,25,44H,4-14,16-17,19-20,22-24,26-43H2,1-3H3/b18-15-,25-21-. The Morgan fingerprint density at radius 3 is 1.06 bits per heavy atom. The zero-order valence-corrected chi connectivity index (χ0v) is 35.3. The molecule has 6 nitrogen and oxygen atoms in total. The van der Waals surface area contributed by atoms with Gasteiger partial charge in [0.2, 0.25) is 0 Å². The zero-order valence-electron chi connectivity index (χ0n) is 35.3. The summed E-state index contributed by atoms with van der Waals surface area (Å²) in [6.45, 7) is 6.56. The molecule has 0 saturated heterocycles. The second kappa shape index (κ2) is 42.6. The van der Waals surface area contributed by atoms with Crippen LogP contribution in [0.15, 0.2) is 24.3 Å². The van der Waals surface area contributed by atoms with Crippen molar-refractivity contribution in [2.75, 3.05) is 13.2 Å². The molecule has 0 amide bonds. The molecule has 0 radical (unpaired) electrons. The molecule has 0 aliphatic carbocycles. The molecule has 0 saturated carbocycles. The highest BCUT2D eigenvalue weighted by Gasteiger charge is 2.19. The minimum absolute atomic E-state index is 0.0781. The Hall–Kier alpha value is -2.11. The van der Waals surface area contributed by atoms with Crippen molar-refractivity contribution in [2.45, 2.75) is 245 Å². The van der Waals surface area contributed by atoms with Crippen molar-refractivity contribution in [3.05, 3.63) is 24.3 Å². The van der Waals surface area contributed by atoms with Crippen molar-refractivity contribution in [3.8, 4) is 0 Å². The number of hydrogen-bond acceptors (Lipinski definition) is 6. The van der Waals surface area contributed by atoms with Crippen molar-refractivity contribution < 1.29 is 28.6 Å². The number of rotatable bonds is 41. The van der Waals surface area contributed by atoms with Crippen molar-refractivity contribution >= 4 is 17.9 Å². The summed E-state index contributed by atoms with van der Waals surface area (Å²) in [6, 6.07) is 0. The SMILES string of the molecule is CCCC/C=C\C=C/CCCCCC(=O)OC(COC(=O)CCCCCCCCCCCCC)COC(=O)CCCCCCCCCCCCCCC. The average molecular weight is 747 g/mol. The maximum absolute atomic E-state index is 12.7. The van der Waals surface area contributed by atoms with E-state index in [1.807, 2.05) is 0 Å². The van der Waals surface area contributed by atoms with Crippen LogP contribution in [-0.2, 0) is 28.6 Å². The first kappa shape index (κ1) is 50.9. The normalized spacial score (nSPS) is 12.1. The van der Waals surface area contributed by atoms with E-state index in [9.17, 15) is 14.4 Å². The van der Waals surface area contributed by atoms with E-state index in [1.165, 1.54) is 128 Å². The van der Waals surface area contributed by atoms with Crippen LogP contribution in [0.2, 0.25) is 0 Å². The van der Waals surface area contributed by atoms with E-state index in [1.54, 1.807) is 0 Å². The van der Waals surface area contributed by atoms with Gasteiger partial charge in [0.1, 0.15) is 13.2 Å². The molecule has 0 aromatic carbocycles. The quantitative estimate of drug-likeness (QED) is 0.0268. The van der Waals surface area contributed by atoms with Gasteiger partial charge in [-0.25, -0.2) is 0 Å². The lowest BCUT2D eigenvalue weighted by Crippen LogP contribution is -2.30. The van der Waals surface area contributed by atoms with Crippen LogP contribution >= 0.6 is 0 Å². The Bertz CT molecular complexity index is 865. The van der Waals surface area contributed by atoms with Crippen molar-refractivity contribution in [1.29, 1.82) is 0 Å². The topological polar surface area (TPSA) is 78.9 Å². The summed E-state index contributed by atoms with van der Waals surface area (Å²) in [7, 11) is 0. The smallest absolute Gasteiger partial charge is 0.306 e. The monoisotopic (exact) mass is 747 g/mol. The van der Waals surface area contributed by atoms with Gasteiger partial charge in [0, 0.05) is 19.3 Å². The van der Waals surface area contributed by atoms with Crippen LogP contribution < -0.4 is 0 Å². The summed E-state index contributed by atoms with van der Waals surface area (Å²) < 4.78 is 16.7. The fourth-order valence-electron chi connectivity index (χ4n) is 6.48. The first-order chi connectivity index (χ1) is 26.0. The highest BCUT2D eigenvalue weighted by Crippen LogP contribution is 2.15. The Labute approximate surface area is 328 Å². The van der Waals surface area contributed by atoms with Crippen LogP contribution in [-0.4, -0.2) is 37.2 Å². The molecule has 1 unspecified atom stereocenters. The van der Waals surface area contributed by atoms with Gasteiger partial charge in [-0.2, -0.15) is 0 Å². The van der Waals surface area contributed by atoms with E-state index in [0.717, 1.165) is 70.6 Å². The lowest BCUT2D eigenvalue weighted by molar-refractivity contribution is -0.167. The van der Waals surface area contributed by atoms with E-state index in [4.69, 9.17) is 14.2 Å². The molecule has 0 rings (SSSR count). The summed E-state index contributed by atoms with van der Waals surface area (Å²) in [6.07, 6.45) is 45.8. The van der Waals surface area contributed by atoms with Gasteiger partial charge in [-0.1, -0.05) is 206 Å². The Morgan fingerprint density at radius 1 is 0.377 bits per heavy atom. The molecule has 1 atom stereocenters. The fourth-order valence-corrected chi connectivity index (χ4v) is 6.48. The molecule has 0 aromatic rings. The summed E-state index contributed by atoms with van der Waals surface area (Å²) in [4.78, 5) is 37.7. The maximum atomic E-state index is 12.7. The third-order valence-corrected chi connectivity index (χ3v) is 9.99. The van der Waals surface area contributed by atoms with Crippen LogP contribution in [0.3, 0.4) is 0 Å². The molecule has 310 valence electrons. The molecular weight excluding hydrogens is 661 g/mol. The highest BCUT2D eigenvalue weighted by molar-refractivity contribution is 5.71. The molecule has 0 aromatic heterocycles. The van der Waals surface area contributed by atoms with Crippen LogP contribution in [0, 0.1) is 0 Å². The van der Waals surface area contributed by atoms with Crippen molar-refractivity contribution in [1.82, 2.24) is 0 Å². The molecule has 0 bridgehead atoms. The second-order valence-corrected chi connectivity index (χ2v) is 15.4. The lowest BCUT2D eigenvalue weighted by atomic mass is 10.0. The Kier molecular flexibility index (Phi) is 40.9. The molecule has 53 heavy (non-hydrogen) atoms. The van der Waals surface area contributed by atoms with Gasteiger partial charge in [-0.15, -0.1) is 0 Å². The van der Waals surface area contributed by atoms with Gasteiger partial charge in [0.15, 0.2) is 6.10 Å². The van der Waals surface area contributed by atoms with Crippen molar-refractivity contribution in [3.63, 3.8) is 0 Å². The first-order valence-corrected chi connectivity index (χ1v) is 22.9. The number of esters is 3. The summed E-state index contributed by atoms with van der Waals surface area (Å²) >= 11 is 0. The third-order valence-electron chi connectivity index (χ3n) is 9.99. The van der Waals surface area contributed by atoms with E-state index in [0.29, 0.717) is 19.3 Å². The minimum atomic E-state index is -0.776. The third kappa shape index (κ3) is 40.9. The van der Waals surface area contributed by atoms with Crippen LogP contribution in [0.5, 0.6) is 0 Å². The number of carbonyl (C=O) groups is 3. The predicted molar refractivity (Wildman–Crippen MR) is 224 cm³/mol. The molecule has 6 heteroatoms.